The van der Waals surface area contributed by atoms with Gasteiger partial charge in [0, 0.05) is 45.2 Å². The minimum Gasteiger partial charge on any atom is -0.505 e. The van der Waals surface area contributed by atoms with E-state index in [4.69, 9.17) is 0 Å². The summed E-state index contributed by atoms with van der Waals surface area (Å²) in [7, 11) is 0. The van der Waals surface area contributed by atoms with Gasteiger partial charge in [-0.3, -0.25) is 14.4 Å². The third-order valence-corrected chi connectivity index (χ3v) is 6.33. The van der Waals surface area contributed by atoms with Crippen molar-refractivity contribution in [2.45, 2.75) is 44.7 Å². The molecule has 0 aliphatic carbocycles. The van der Waals surface area contributed by atoms with E-state index >= 15 is 0 Å². The molecule has 8 nitrogen and oxygen atoms in total. The first kappa shape index (κ1) is 18.7. The number of carbonyl (C=O) groups is 3. The number of hydrogen-bond acceptors (Lipinski definition) is 5. The Bertz CT molecular complexity index is 798. The Morgan fingerprint density at radius 3 is 2.86 bits per heavy atom. The molecule has 28 heavy (non-hydrogen) atoms. The van der Waals surface area contributed by atoms with Crippen LogP contribution in [0.4, 0.5) is 0 Å². The molecule has 3 fully saturated rings. The van der Waals surface area contributed by atoms with Gasteiger partial charge in [-0.2, -0.15) is 0 Å². The van der Waals surface area contributed by atoms with Gasteiger partial charge in [0.15, 0.2) is 5.69 Å². The van der Waals surface area contributed by atoms with E-state index in [0.717, 1.165) is 19.3 Å². The minimum absolute atomic E-state index is 0.0671. The highest BCUT2D eigenvalue weighted by atomic mass is 16.3. The Balaban J connectivity index is 1.60. The van der Waals surface area contributed by atoms with Gasteiger partial charge in [-0.1, -0.05) is 0 Å². The standard InChI is InChI=1S/C20H26N4O4/c1-12(25)22-9-16-14-8-13(15-4-2-6-18(27)24(15)16)10-23(11-14)20(28)19-17(26)5-3-7-21-19/h3,5,7,13-16,26H,2,4,6,8-11H2,1H3,(H,22,25)/t13-,14+,15+,16+/m1/s1. The Labute approximate surface area is 163 Å². The van der Waals surface area contributed by atoms with Gasteiger partial charge in [0.25, 0.3) is 5.91 Å². The van der Waals surface area contributed by atoms with Crippen molar-refractivity contribution >= 4 is 17.7 Å². The highest BCUT2D eigenvalue weighted by Crippen LogP contribution is 2.41. The molecule has 1 aromatic heterocycles. The van der Waals surface area contributed by atoms with E-state index < -0.39 is 0 Å². The summed E-state index contributed by atoms with van der Waals surface area (Å²) in [5.41, 5.74) is 0.0671. The number of pyridine rings is 1. The van der Waals surface area contributed by atoms with Crippen LogP contribution in [0.5, 0.6) is 5.75 Å². The number of fused-ring (bicyclic) bond motifs is 4. The van der Waals surface area contributed by atoms with Gasteiger partial charge in [-0.05, 0) is 43.2 Å². The Morgan fingerprint density at radius 2 is 2.11 bits per heavy atom. The van der Waals surface area contributed by atoms with Crippen molar-refractivity contribution in [2.75, 3.05) is 19.6 Å². The predicted octanol–water partition coefficient (Wildman–Crippen LogP) is 0.765. The number of rotatable bonds is 3. The molecule has 8 heteroatoms. The van der Waals surface area contributed by atoms with E-state index in [1.807, 2.05) is 4.90 Å². The summed E-state index contributed by atoms with van der Waals surface area (Å²) in [6, 6.07) is 3.05. The summed E-state index contributed by atoms with van der Waals surface area (Å²) in [5.74, 6) is -0.0482. The fraction of sp³-hybridized carbons (Fsp3) is 0.600. The first-order valence-corrected chi connectivity index (χ1v) is 9.94. The number of hydrogen-bond donors (Lipinski definition) is 2. The normalized spacial score (nSPS) is 29.2. The lowest BCUT2D eigenvalue weighted by Crippen LogP contribution is -2.67. The van der Waals surface area contributed by atoms with Crippen molar-refractivity contribution in [1.82, 2.24) is 20.1 Å². The third-order valence-electron chi connectivity index (χ3n) is 6.33. The average Bonchev–Trinajstić information content (AvgIpc) is 2.68. The van der Waals surface area contributed by atoms with E-state index in [1.165, 1.54) is 19.2 Å². The van der Waals surface area contributed by atoms with Crippen molar-refractivity contribution in [1.29, 1.82) is 0 Å². The molecular weight excluding hydrogens is 360 g/mol. The first-order chi connectivity index (χ1) is 13.5. The van der Waals surface area contributed by atoms with Gasteiger partial charge in [-0.15, -0.1) is 0 Å². The van der Waals surface area contributed by atoms with E-state index in [2.05, 4.69) is 10.3 Å². The molecule has 2 bridgehead atoms. The molecule has 4 heterocycles. The maximum absolute atomic E-state index is 13.0. The van der Waals surface area contributed by atoms with Gasteiger partial charge in [0.1, 0.15) is 5.75 Å². The van der Waals surface area contributed by atoms with Crippen LogP contribution in [0.1, 0.15) is 43.1 Å². The Morgan fingerprint density at radius 1 is 1.32 bits per heavy atom. The van der Waals surface area contributed by atoms with E-state index in [0.29, 0.717) is 26.1 Å². The monoisotopic (exact) mass is 386 g/mol. The second-order valence-corrected chi connectivity index (χ2v) is 8.10. The molecule has 3 aliphatic rings. The molecule has 150 valence electrons. The van der Waals surface area contributed by atoms with Crippen LogP contribution in [0.25, 0.3) is 0 Å². The number of piperidine rings is 3. The average molecular weight is 386 g/mol. The van der Waals surface area contributed by atoms with E-state index in [1.54, 1.807) is 11.0 Å². The number of likely N-dealkylation sites (tertiary alicyclic amines) is 1. The summed E-state index contributed by atoms with van der Waals surface area (Å²) >= 11 is 0. The Kier molecular flexibility index (Phi) is 4.95. The zero-order chi connectivity index (χ0) is 19.8. The molecule has 3 saturated heterocycles. The zero-order valence-electron chi connectivity index (χ0n) is 16.0. The zero-order valence-corrected chi connectivity index (χ0v) is 16.0. The summed E-state index contributed by atoms with van der Waals surface area (Å²) in [6.07, 6.45) is 4.78. The first-order valence-electron chi connectivity index (χ1n) is 9.94. The largest absolute Gasteiger partial charge is 0.505 e. The highest BCUT2D eigenvalue weighted by molar-refractivity contribution is 5.95. The van der Waals surface area contributed by atoms with Crippen molar-refractivity contribution in [3.8, 4) is 5.75 Å². The topological polar surface area (TPSA) is 103 Å². The molecular formula is C20H26N4O4. The van der Waals surface area contributed by atoms with Crippen LogP contribution in [-0.2, 0) is 9.59 Å². The van der Waals surface area contributed by atoms with Crippen LogP contribution in [0.2, 0.25) is 0 Å². The number of amides is 3. The fourth-order valence-electron chi connectivity index (χ4n) is 5.16. The molecule has 0 aromatic carbocycles. The van der Waals surface area contributed by atoms with Gasteiger partial charge in [0.05, 0.1) is 6.04 Å². The number of nitrogens with zero attached hydrogens (tertiary/aromatic N) is 3. The maximum atomic E-state index is 13.0. The summed E-state index contributed by atoms with van der Waals surface area (Å²) in [4.78, 5) is 45.0. The van der Waals surface area contributed by atoms with Crippen LogP contribution in [0.3, 0.4) is 0 Å². The van der Waals surface area contributed by atoms with Crippen LogP contribution >= 0.6 is 0 Å². The number of nitrogens with one attached hydrogen (secondary N) is 1. The highest BCUT2D eigenvalue weighted by Gasteiger charge is 2.50. The molecule has 0 radical (unpaired) electrons. The van der Waals surface area contributed by atoms with Crippen molar-refractivity contribution in [3.05, 3.63) is 24.0 Å². The Hall–Kier alpha value is -2.64. The summed E-state index contributed by atoms with van der Waals surface area (Å²) < 4.78 is 0. The summed E-state index contributed by atoms with van der Waals surface area (Å²) in [6.45, 7) is 2.94. The molecule has 0 spiro atoms. The van der Waals surface area contributed by atoms with E-state index in [-0.39, 0.29) is 53.1 Å². The van der Waals surface area contributed by atoms with Crippen LogP contribution in [-0.4, -0.2) is 69.3 Å². The molecule has 1 aromatic rings. The minimum atomic E-state index is -0.276. The smallest absolute Gasteiger partial charge is 0.276 e. The number of carbonyl (C=O) groups excluding carboxylic acids is 3. The molecule has 0 saturated carbocycles. The SMILES string of the molecule is CC(=O)NC[C@H]1[C@H]2C[C@H](CN(C(=O)c3ncccc3O)C2)[C@@H]2CCCC(=O)N21. The molecule has 0 unspecified atom stereocenters. The predicted molar refractivity (Wildman–Crippen MR) is 100 cm³/mol. The quantitative estimate of drug-likeness (QED) is 0.799. The second-order valence-electron chi connectivity index (χ2n) is 8.10. The molecule has 3 aliphatic heterocycles. The lowest BCUT2D eigenvalue weighted by molar-refractivity contribution is -0.151. The molecule has 4 atom stereocenters. The van der Waals surface area contributed by atoms with Crippen LogP contribution in [0.15, 0.2) is 18.3 Å². The van der Waals surface area contributed by atoms with Gasteiger partial charge in [-0.25, -0.2) is 4.98 Å². The molecule has 2 N–H and O–H groups in total. The van der Waals surface area contributed by atoms with Gasteiger partial charge >= 0.3 is 0 Å². The lowest BCUT2D eigenvalue weighted by Gasteiger charge is -2.56. The molecule has 3 amide bonds. The van der Waals surface area contributed by atoms with Crippen molar-refractivity contribution in [3.63, 3.8) is 0 Å². The third kappa shape index (κ3) is 3.31. The fourth-order valence-corrected chi connectivity index (χ4v) is 5.16. The van der Waals surface area contributed by atoms with Crippen LogP contribution in [0, 0.1) is 11.8 Å². The second kappa shape index (κ2) is 7.41. The number of aromatic nitrogens is 1. The summed E-state index contributed by atoms with van der Waals surface area (Å²) in [5, 5.41) is 12.9. The van der Waals surface area contributed by atoms with Crippen molar-refractivity contribution in [2.24, 2.45) is 11.8 Å². The molecule has 4 rings (SSSR count). The number of aromatic hydroxyl groups is 1. The van der Waals surface area contributed by atoms with E-state index in [9.17, 15) is 19.5 Å². The van der Waals surface area contributed by atoms with Gasteiger partial charge < -0.3 is 20.2 Å². The van der Waals surface area contributed by atoms with Crippen LogP contribution < -0.4 is 5.32 Å². The lowest BCUT2D eigenvalue weighted by atomic mass is 9.72. The maximum Gasteiger partial charge on any atom is 0.276 e. The van der Waals surface area contributed by atoms with Gasteiger partial charge in [0.2, 0.25) is 11.8 Å². The van der Waals surface area contributed by atoms with Crippen molar-refractivity contribution < 1.29 is 19.5 Å².